The Morgan fingerprint density at radius 1 is 1.50 bits per heavy atom. The van der Waals surface area contributed by atoms with Gasteiger partial charge in [-0.05, 0) is 23.8 Å². The number of rotatable bonds is 4. The van der Waals surface area contributed by atoms with Gasteiger partial charge < -0.3 is 15.4 Å². The molecule has 1 heterocycles. The summed E-state index contributed by atoms with van der Waals surface area (Å²) in [6.07, 6.45) is 4.06. The predicted octanol–water partition coefficient (Wildman–Crippen LogP) is 2.36. The molecule has 0 aliphatic heterocycles. The van der Waals surface area contributed by atoms with Crippen molar-refractivity contribution in [2.75, 3.05) is 5.33 Å². The number of nitrogens with one attached hydrogen (secondary N) is 2. The van der Waals surface area contributed by atoms with E-state index < -0.39 is 4.92 Å². The van der Waals surface area contributed by atoms with Crippen LogP contribution in [-0.4, -0.2) is 26.7 Å². The van der Waals surface area contributed by atoms with Gasteiger partial charge in [-0.15, -0.1) is 0 Å². The number of H-pyrrole nitrogens is 1. The van der Waals surface area contributed by atoms with Crippen molar-refractivity contribution in [2.45, 2.75) is 31.2 Å². The molecule has 0 spiro atoms. The van der Waals surface area contributed by atoms with Crippen molar-refractivity contribution in [3.05, 3.63) is 27.9 Å². The fourth-order valence-corrected chi connectivity index (χ4v) is 2.98. The van der Waals surface area contributed by atoms with Crippen molar-refractivity contribution >= 4 is 27.7 Å². The number of amides is 1. The van der Waals surface area contributed by atoms with E-state index in [1.807, 2.05) is 0 Å². The lowest BCUT2D eigenvalue weighted by Gasteiger charge is -2.27. The standard InChI is InChI=1S/C11H14BrN3O3/c12-7-11(5-1-2-6-11)14-10(16)8-3-4-9(13-8)15(17)18/h3-4,13H,1-2,5-7H2,(H,14,16). The van der Waals surface area contributed by atoms with E-state index in [0.717, 1.165) is 25.7 Å². The molecule has 1 aromatic rings. The second-order valence-electron chi connectivity index (χ2n) is 4.59. The normalized spacial score (nSPS) is 17.6. The van der Waals surface area contributed by atoms with E-state index in [2.05, 4.69) is 26.2 Å². The van der Waals surface area contributed by atoms with Gasteiger partial charge >= 0.3 is 5.82 Å². The van der Waals surface area contributed by atoms with E-state index >= 15 is 0 Å². The van der Waals surface area contributed by atoms with Crippen LogP contribution in [0, 0.1) is 10.1 Å². The van der Waals surface area contributed by atoms with Crippen molar-refractivity contribution < 1.29 is 9.72 Å². The van der Waals surface area contributed by atoms with Gasteiger partial charge in [-0.1, -0.05) is 28.8 Å². The number of aromatic amines is 1. The minimum atomic E-state index is -0.549. The molecule has 0 unspecified atom stereocenters. The number of hydrogen-bond donors (Lipinski definition) is 2. The lowest BCUT2D eigenvalue weighted by atomic mass is 10.0. The Hall–Kier alpha value is -1.37. The molecule has 0 radical (unpaired) electrons. The quantitative estimate of drug-likeness (QED) is 0.508. The molecule has 0 saturated heterocycles. The van der Waals surface area contributed by atoms with E-state index in [1.54, 1.807) is 0 Å². The molecule has 0 aromatic carbocycles. The van der Waals surface area contributed by atoms with Gasteiger partial charge in [0.05, 0.1) is 5.54 Å². The lowest BCUT2D eigenvalue weighted by Crippen LogP contribution is -2.47. The van der Waals surface area contributed by atoms with Gasteiger partial charge in [0.25, 0.3) is 5.91 Å². The number of nitrogens with zero attached hydrogens (tertiary/aromatic N) is 1. The molecule has 0 bridgehead atoms. The molecule has 0 atom stereocenters. The molecule has 1 aliphatic carbocycles. The van der Waals surface area contributed by atoms with E-state index in [0.29, 0.717) is 5.33 Å². The summed E-state index contributed by atoms with van der Waals surface area (Å²) in [5.41, 5.74) is 0.0191. The fourth-order valence-electron chi connectivity index (χ4n) is 2.27. The molecule has 2 rings (SSSR count). The van der Waals surface area contributed by atoms with Crippen molar-refractivity contribution in [1.82, 2.24) is 10.3 Å². The van der Waals surface area contributed by atoms with Crippen LogP contribution in [0.5, 0.6) is 0 Å². The molecule has 2 N–H and O–H groups in total. The summed E-state index contributed by atoms with van der Waals surface area (Å²) in [6.45, 7) is 0. The summed E-state index contributed by atoms with van der Waals surface area (Å²) in [5.74, 6) is -0.455. The van der Waals surface area contributed by atoms with Gasteiger partial charge in [-0.2, -0.15) is 0 Å². The van der Waals surface area contributed by atoms with Crippen LogP contribution in [0.2, 0.25) is 0 Å². The number of halogens is 1. The molecule has 18 heavy (non-hydrogen) atoms. The van der Waals surface area contributed by atoms with Gasteiger partial charge in [0, 0.05) is 11.4 Å². The number of carbonyl (C=O) groups is 1. The Bertz CT molecular complexity index is 466. The molecular weight excluding hydrogens is 302 g/mol. The van der Waals surface area contributed by atoms with Gasteiger partial charge in [-0.3, -0.25) is 4.79 Å². The first-order chi connectivity index (χ1) is 8.56. The van der Waals surface area contributed by atoms with Crippen LogP contribution >= 0.6 is 15.9 Å². The highest BCUT2D eigenvalue weighted by atomic mass is 79.9. The van der Waals surface area contributed by atoms with E-state index in [9.17, 15) is 14.9 Å². The van der Waals surface area contributed by atoms with Crippen LogP contribution < -0.4 is 5.32 Å². The SMILES string of the molecule is O=C(NC1(CBr)CCCC1)c1ccc([N+](=O)[O-])[nH]1. The van der Waals surface area contributed by atoms with Crippen molar-refractivity contribution in [3.8, 4) is 0 Å². The number of nitro groups is 1. The van der Waals surface area contributed by atoms with Gasteiger partial charge in [0.1, 0.15) is 0 Å². The van der Waals surface area contributed by atoms with Crippen LogP contribution in [0.25, 0.3) is 0 Å². The summed E-state index contributed by atoms with van der Waals surface area (Å²) < 4.78 is 0. The van der Waals surface area contributed by atoms with E-state index in [1.165, 1.54) is 12.1 Å². The summed E-state index contributed by atoms with van der Waals surface area (Å²) in [6, 6.07) is 2.73. The topological polar surface area (TPSA) is 88.0 Å². The number of alkyl halides is 1. The molecule has 98 valence electrons. The summed E-state index contributed by atoms with van der Waals surface area (Å²) in [5, 5.41) is 14.2. The van der Waals surface area contributed by atoms with Crippen LogP contribution in [0.15, 0.2) is 12.1 Å². The zero-order valence-electron chi connectivity index (χ0n) is 9.74. The highest BCUT2D eigenvalue weighted by Crippen LogP contribution is 2.31. The lowest BCUT2D eigenvalue weighted by molar-refractivity contribution is -0.389. The Labute approximate surface area is 112 Å². The van der Waals surface area contributed by atoms with E-state index in [4.69, 9.17) is 0 Å². The molecule has 1 amide bonds. The fraction of sp³-hybridized carbons (Fsp3) is 0.545. The monoisotopic (exact) mass is 315 g/mol. The van der Waals surface area contributed by atoms with Gasteiger partial charge in [0.15, 0.2) is 5.69 Å². The van der Waals surface area contributed by atoms with Gasteiger partial charge in [0.2, 0.25) is 0 Å². The first kappa shape index (κ1) is 13.1. The van der Waals surface area contributed by atoms with Gasteiger partial charge in [-0.25, -0.2) is 4.98 Å². The van der Waals surface area contributed by atoms with Crippen LogP contribution in [-0.2, 0) is 0 Å². The number of hydrogen-bond acceptors (Lipinski definition) is 3. The number of aromatic nitrogens is 1. The Kier molecular flexibility index (Phi) is 3.70. The molecule has 1 fully saturated rings. The Balaban J connectivity index is 2.09. The predicted molar refractivity (Wildman–Crippen MR) is 69.9 cm³/mol. The molecule has 7 heteroatoms. The zero-order chi connectivity index (χ0) is 13.2. The van der Waals surface area contributed by atoms with E-state index in [-0.39, 0.29) is 23.0 Å². The Morgan fingerprint density at radius 3 is 2.67 bits per heavy atom. The molecule has 1 aromatic heterocycles. The number of carbonyl (C=O) groups excluding carboxylic acids is 1. The highest BCUT2D eigenvalue weighted by Gasteiger charge is 2.35. The average molecular weight is 316 g/mol. The minimum absolute atomic E-state index is 0.167. The van der Waals surface area contributed by atoms with Crippen LogP contribution in [0.3, 0.4) is 0 Å². The Morgan fingerprint density at radius 2 is 2.17 bits per heavy atom. The van der Waals surface area contributed by atoms with Crippen molar-refractivity contribution in [2.24, 2.45) is 0 Å². The highest BCUT2D eigenvalue weighted by molar-refractivity contribution is 9.09. The first-order valence-corrected chi connectivity index (χ1v) is 6.90. The van der Waals surface area contributed by atoms with Crippen LogP contribution in [0.4, 0.5) is 5.82 Å². The third-order valence-corrected chi connectivity index (χ3v) is 4.38. The third kappa shape index (κ3) is 2.55. The van der Waals surface area contributed by atoms with Crippen LogP contribution in [0.1, 0.15) is 36.2 Å². The van der Waals surface area contributed by atoms with Crippen molar-refractivity contribution in [1.29, 1.82) is 0 Å². The minimum Gasteiger partial charge on any atom is -0.358 e. The second-order valence-corrected chi connectivity index (χ2v) is 5.15. The molecular formula is C11H14BrN3O3. The average Bonchev–Trinajstić information content (AvgIpc) is 2.98. The maximum absolute atomic E-state index is 12.0. The third-order valence-electron chi connectivity index (χ3n) is 3.31. The molecule has 6 nitrogen and oxygen atoms in total. The maximum Gasteiger partial charge on any atom is 0.321 e. The zero-order valence-corrected chi connectivity index (χ0v) is 11.3. The summed E-state index contributed by atoms with van der Waals surface area (Å²) >= 11 is 3.43. The molecule has 1 saturated carbocycles. The largest absolute Gasteiger partial charge is 0.358 e. The molecule has 1 aliphatic rings. The summed E-state index contributed by atoms with van der Waals surface area (Å²) in [7, 11) is 0. The summed E-state index contributed by atoms with van der Waals surface area (Å²) in [4.78, 5) is 24.5. The maximum atomic E-state index is 12.0. The second kappa shape index (κ2) is 5.09. The smallest absolute Gasteiger partial charge is 0.321 e. The first-order valence-electron chi connectivity index (χ1n) is 5.78. The van der Waals surface area contributed by atoms with Crippen molar-refractivity contribution in [3.63, 3.8) is 0 Å².